The number of carbonyl (C=O) groups is 1. The van der Waals surface area contributed by atoms with Gasteiger partial charge in [0.25, 0.3) is 5.91 Å². The zero-order valence-electron chi connectivity index (χ0n) is 10.5. The molecule has 1 N–H and O–H groups in total. The van der Waals surface area contributed by atoms with Crippen molar-refractivity contribution in [3.05, 3.63) is 65.7 Å². The fourth-order valence-corrected chi connectivity index (χ4v) is 1.91. The summed E-state index contributed by atoms with van der Waals surface area (Å²) >= 11 is 0. The minimum atomic E-state index is -1.68. The highest BCUT2D eigenvalue weighted by Crippen LogP contribution is 2.17. The maximum Gasteiger partial charge on any atom is 0.261 e. The third kappa shape index (κ3) is 2.22. The fourth-order valence-electron chi connectivity index (χ4n) is 1.91. The van der Waals surface area contributed by atoms with Crippen LogP contribution in [0.1, 0.15) is 10.4 Å². The minimum absolute atomic E-state index is 0.153. The monoisotopic (exact) mass is 291 g/mol. The van der Waals surface area contributed by atoms with Gasteiger partial charge in [0, 0.05) is 6.20 Å². The Morgan fingerprint density at radius 3 is 2.71 bits per heavy atom. The van der Waals surface area contributed by atoms with Crippen LogP contribution in [0.25, 0.3) is 5.52 Å². The molecular weight excluding hydrogens is 283 g/mol. The van der Waals surface area contributed by atoms with Crippen LogP contribution in [0.5, 0.6) is 0 Å². The zero-order chi connectivity index (χ0) is 15.0. The largest absolute Gasteiger partial charge is 0.291 e. The van der Waals surface area contributed by atoms with Gasteiger partial charge in [-0.05, 0) is 24.3 Å². The van der Waals surface area contributed by atoms with Crippen LogP contribution in [0.15, 0.2) is 42.7 Å². The highest BCUT2D eigenvalue weighted by Gasteiger charge is 2.19. The third-order valence-corrected chi connectivity index (χ3v) is 2.94. The molecule has 1 amide bonds. The minimum Gasteiger partial charge on any atom is -0.291 e. The van der Waals surface area contributed by atoms with E-state index >= 15 is 0 Å². The van der Waals surface area contributed by atoms with Gasteiger partial charge >= 0.3 is 0 Å². The first-order valence-corrected chi connectivity index (χ1v) is 5.95. The van der Waals surface area contributed by atoms with Gasteiger partial charge in [0.15, 0.2) is 17.5 Å². The summed E-state index contributed by atoms with van der Waals surface area (Å²) in [6.07, 6.45) is 3.16. The number of amides is 1. The standard InChI is InChI=1S/C14H8F3N3O/c15-10-5-4-9(11(16)12(10)17)13(21)19-14-18-7-8-3-1-2-6-20(8)14/h1-7H,(H,18,19,21). The van der Waals surface area contributed by atoms with E-state index in [0.29, 0.717) is 6.07 Å². The Balaban J connectivity index is 1.95. The normalized spacial score (nSPS) is 10.8. The van der Waals surface area contributed by atoms with Crippen LogP contribution in [0, 0.1) is 17.5 Å². The van der Waals surface area contributed by atoms with E-state index in [4.69, 9.17) is 0 Å². The van der Waals surface area contributed by atoms with E-state index in [1.54, 1.807) is 28.8 Å². The number of hydrogen-bond donors (Lipinski definition) is 1. The average Bonchev–Trinajstić information content (AvgIpc) is 2.88. The molecule has 0 aliphatic carbocycles. The Hall–Kier alpha value is -2.83. The van der Waals surface area contributed by atoms with Crippen LogP contribution in [0.2, 0.25) is 0 Å². The molecule has 0 unspecified atom stereocenters. The first-order valence-electron chi connectivity index (χ1n) is 5.95. The molecule has 0 fully saturated rings. The van der Waals surface area contributed by atoms with E-state index in [1.807, 2.05) is 0 Å². The number of halogens is 3. The summed E-state index contributed by atoms with van der Waals surface area (Å²) in [5.41, 5.74) is 0.125. The van der Waals surface area contributed by atoms with E-state index in [9.17, 15) is 18.0 Å². The van der Waals surface area contributed by atoms with E-state index in [1.165, 1.54) is 6.20 Å². The Kier molecular flexibility index (Phi) is 3.09. The highest BCUT2D eigenvalue weighted by molar-refractivity contribution is 6.03. The predicted octanol–water partition coefficient (Wildman–Crippen LogP) is 3.00. The first kappa shape index (κ1) is 13.2. The Labute approximate surface area is 116 Å². The first-order chi connectivity index (χ1) is 10.1. The van der Waals surface area contributed by atoms with Gasteiger partial charge in [-0.3, -0.25) is 14.5 Å². The molecular formula is C14H8F3N3O. The molecule has 4 nitrogen and oxygen atoms in total. The fraction of sp³-hybridized carbons (Fsp3) is 0. The van der Waals surface area contributed by atoms with Crippen molar-refractivity contribution in [2.75, 3.05) is 5.32 Å². The van der Waals surface area contributed by atoms with Gasteiger partial charge in [-0.1, -0.05) is 6.07 Å². The van der Waals surface area contributed by atoms with Crippen LogP contribution in [0.4, 0.5) is 19.1 Å². The molecule has 106 valence electrons. The smallest absolute Gasteiger partial charge is 0.261 e. The maximum absolute atomic E-state index is 13.6. The molecule has 0 saturated heterocycles. The van der Waals surface area contributed by atoms with E-state index in [-0.39, 0.29) is 5.95 Å². The van der Waals surface area contributed by atoms with Crippen LogP contribution >= 0.6 is 0 Å². The number of nitrogens with one attached hydrogen (secondary N) is 1. The molecule has 0 atom stereocenters. The van der Waals surface area contributed by atoms with Crippen LogP contribution in [-0.2, 0) is 0 Å². The lowest BCUT2D eigenvalue weighted by Gasteiger charge is -2.06. The van der Waals surface area contributed by atoms with Crippen molar-refractivity contribution >= 4 is 17.4 Å². The molecule has 7 heteroatoms. The van der Waals surface area contributed by atoms with Gasteiger partial charge in [0.05, 0.1) is 17.3 Å². The molecule has 0 radical (unpaired) electrons. The number of aromatic nitrogens is 2. The Morgan fingerprint density at radius 2 is 1.90 bits per heavy atom. The lowest BCUT2D eigenvalue weighted by molar-refractivity contribution is 0.102. The molecule has 3 rings (SSSR count). The van der Waals surface area contributed by atoms with Gasteiger partial charge in [0.1, 0.15) is 0 Å². The molecule has 2 heterocycles. The van der Waals surface area contributed by atoms with E-state index in [2.05, 4.69) is 10.3 Å². The van der Waals surface area contributed by atoms with Crippen molar-refractivity contribution in [3.63, 3.8) is 0 Å². The van der Waals surface area contributed by atoms with Gasteiger partial charge in [-0.2, -0.15) is 0 Å². The summed E-state index contributed by atoms with van der Waals surface area (Å²) in [5, 5.41) is 2.35. The van der Waals surface area contributed by atoms with Crippen molar-refractivity contribution in [2.45, 2.75) is 0 Å². The van der Waals surface area contributed by atoms with E-state index < -0.39 is 28.9 Å². The quantitative estimate of drug-likeness (QED) is 0.738. The number of carbonyl (C=O) groups excluding carboxylic acids is 1. The van der Waals surface area contributed by atoms with Crippen LogP contribution < -0.4 is 5.32 Å². The summed E-state index contributed by atoms with van der Waals surface area (Å²) < 4.78 is 41.1. The zero-order valence-corrected chi connectivity index (χ0v) is 10.5. The van der Waals surface area contributed by atoms with Crippen molar-refractivity contribution in [1.82, 2.24) is 9.38 Å². The lowest BCUT2D eigenvalue weighted by Crippen LogP contribution is -2.16. The van der Waals surface area contributed by atoms with Crippen molar-refractivity contribution < 1.29 is 18.0 Å². The SMILES string of the molecule is O=C(Nc1ncc2ccccn12)c1ccc(F)c(F)c1F. The molecule has 2 aromatic heterocycles. The molecule has 0 aliphatic heterocycles. The number of hydrogen-bond acceptors (Lipinski definition) is 2. The third-order valence-electron chi connectivity index (χ3n) is 2.94. The molecule has 3 aromatic rings. The Morgan fingerprint density at radius 1 is 1.10 bits per heavy atom. The van der Waals surface area contributed by atoms with Crippen LogP contribution in [-0.4, -0.2) is 15.3 Å². The van der Waals surface area contributed by atoms with Gasteiger partial charge < -0.3 is 0 Å². The van der Waals surface area contributed by atoms with Gasteiger partial charge in [0.2, 0.25) is 5.95 Å². The molecule has 0 bridgehead atoms. The molecule has 0 spiro atoms. The molecule has 0 aliphatic rings. The number of fused-ring (bicyclic) bond motifs is 1. The number of rotatable bonds is 2. The van der Waals surface area contributed by atoms with Crippen LogP contribution in [0.3, 0.4) is 0 Å². The summed E-state index contributed by atoms with van der Waals surface area (Å²) in [6, 6.07) is 6.84. The summed E-state index contributed by atoms with van der Waals surface area (Å²) in [6.45, 7) is 0. The predicted molar refractivity (Wildman–Crippen MR) is 69.5 cm³/mol. The number of anilines is 1. The summed E-state index contributed by atoms with van der Waals surface area (Å²) in [4.78, 5) is 15.9. The van der Waals surface area contributed by atoms with E-state index in [0.717, 1.165) is 11.6 Å². The molecule has 21 heavy (non-hydrogen) atoms. The second-order valence-corrected chi connectivity index (χ2v) is 4.25. The second kappa shape index (κ2) is 4.93. The molecule has 1 aromatic carbocycles. The van der Waals surface area contributed by atoms with Crippen molar-refractivity contribution in [2.24, 2.45) is 0 Å². The second-order valence-electron chi connectivity index (χ2n) is 4.25. The topological polar surface area (TPSA) is 46.4 Å². The maximum atomic E-state index is 13.6. The number of imidazole rings is 1. The summed E-state index contributed by atoms with van der Waals surface area (Å²) in [5.74, 6) is -5.33. The average molecular weight is 291 g/mol. The Bertz CT molecular complexity index is 845. The number of benzene rings is 1. The lowest BCUT2D eigenvalue weighted by atomic mass is 10.2. The molecule has 0 saturated carbocycles. The summed E-state index contributed by atoms with van der Waals surface area (Å²) in [7, 11) is 0. The van der Waals surface area contributed by atoms with Gasteiger partial charge in [-0.15, -0.1) is 0 Å². The number of nitrogens with zero attached hydrogens (tertiary/aromatic N) is 2. The van der Waals surface area contributed by atoms with Gasteiger partial charge in [-0.25, -0.2) is 18.2 Å². The van der Waals surface area contributed by atoms with Crippen molar-refractivity contribution in [1.29, 1.82) is 0 Å². The van der Waals surface area contributed by atoms with Crippen molar-refractivity contribution in [3.8, 4) is 0 Å². The number of pyridine rings is 1. The highest BCUT2D eigenvalue weighted by atomic mass is 19.2.